The summed E-state index contributed by atoms with van der Waals surface area (Å²) < 4.78 is 1.74. The molecule has 0 fully saturated rings. The minimum absolute atomic E-state index is 0.165. The number of halogens is 2. The number of phenolic OH excluding ortho intramolecular Hbond substituents is 2. The van der Waals surface area contributed by atoms with Crippen LogP contribution in [0, 0.1) is 0 Å². The molecule has 4 atom stereocenters. The lowest BCUT2D eigenvalue weighted by Crippen LogP contribution is -2.12. The lowest BCUT2D eigenvalue weighted by molar-refractivity contribution is 0.154. The number of aromatic hydroxyl groups is 2. The van der Waals surface area contributed by atoms with Gasteiger partial charge in [0.15, 0.2) is 0 Å². The second-order valence-corrected chi connectivity index (χ2v) is 11.0. The van der Waals surface area contributed by atoms with Crippen LogP contribution in [-0.2, 0) is 0 Å². The van der Waals surface area contributed by atoms with Crippen molar-refractivity contribution in [3.05, 3.63) is 128 Å². The zero-order valence-corrected chi connectivity index (χ0v) is 25.3. The second kappa shape index (κ2) is 15.5. The normalized spacial score (nSPS) is 14.3. The maximum Gasteiger partial charge on any atom is 0.124 e. The molecule has 6 nitrogen and oxygen atoms in total. The minimum Gasteiger partial charge on any atom is -0.507 e. The van der Waals surface area contributed by atoms with Gasteiger partial charge in [0.2, 0.25) is 0 Å². The highest BCUT2D eigenvalue weighted by Crippen LogP contribution is 2.24. The Bertz CT molecular complexity index is 1310. The van der Waals surface area contributed by atoms with E-state index in [1.807, 2.05) is 74.5 Å². The average molecular weight is 668 g/mol. The summed E-state index contributed by atoms with van der Waals surface area (Å²) in [6, 6.07) is 28.5. The van der Waals surface area contributed by atoms with Gasteiger partial charge in [-0.25, -0.2) is 0 Å². The Labute approximate surface area is 251 Å². The Kier molecular flexibility index (Phi) is 12.1. The number of phenols is 2. The second-order valence-electron chi connectivity index (χ2n) is 9.15. The van der Waals surface area contributed by atoms with Crippen molar-refractivity contribution in [3.8, 4) is 11.5 Å². The van der Waals surface area contributed by atoms with Crippen LogP contribution in [0.1, 0.15) is 48.3 Å². The molecule has 0 aliphatic rings. The molecule has 4 N–H and O–H groups in total. The predicted molar refractivity (Wildman–Crippen MR) is 169 cm³/mol. The van der Waals surface area contributed by atoms with Gasteiger partial charge in [-0.05, 0) is 61.4 Å². The number of aliphatic imine (C=N–C) groups is 2. The van der Waals surface area contributed by atoms with Crippen LogP contribution in [0.25, 0.3) is 0 Å². The topological polar surface area (TPSA) is 106 Å². The Morgan fingerprint density at radius 1 is 0.575 bits per heavy atom. The van der Waals surface area contributed by atoms with E-state index in [2.05, 4.69) is 41.8 Å². The largest absolute Gasteiger partial charge is 0.507 e. The smallest absolute Gasteiger partial charge is 0.124 e. The molecule has 0 saturated carbocycles. The van der Waals surface area contributed by atoms with E-state index >= 15 is 0 Å². The first-order chi connectivity index (χ1) is 19.2. The summed E-state index contributed by atoms with van der Waals surface area (Å²) in [5, 5.41) is 39.9. The molecule has 4 aromatic carbocycles. The molecule has 4 rings (SSSR count). The first kappa shape index (κ1) is 31.2. The molecular weight excluding hydrogens is 636 g/mol. The molecule has 4 aromatic rings. The Balaban J connectivity index is 0.000000220. The molecule has 40 heavy (non-hydrogen) atoms. The predicted octanol–water partition coefficient (Wildman–Crippen LogP) is 7.39. The van der Waals surface area contributed by atoms with Crippen LogP contribution in [0.2, 0.25) is 0 Å². The fourth-order valence-electron chi connectivity index (χ4n) is 3.67. The summed E-state index contributed by atoms with van der Waals surface area (Å²) in [6.45, 7) is 3.67. The van der Waals surface area contributed by atoms with E-state index in [9.17, 15) is 20.4 Å². The molecule has 208 valence electrons. The summed E-state index contributed by atoms with van der Waals surface area (Å²) in [5.41, 5.74) is 2.89. The van der Waals surface area contributed by atoms with Crippen LogP contribution in [0.5, 0.6) is 11.5 Å². The Morgan fingerprint density at radius 2 is 0.925 bits per heavy atom. The molecule has 0 aliphatic carbocycles. The summed E-state index contributed by atoms with van der Waals surface area (Å²) in [7, 11) is 0. The van der Waals surface area contributed by atoms with E-state index in [0.717, 1.165) is 20.1 Å². The van der Waals surface area contributed by atoms with Gasteiger partial charge >= 0.3 is 0 Å². The lowest BCUT2D eigenvalue weighted by Gasteiger charge is -2.15. The Hall–Kier alpha value is -3.30. The number of hydrogen-bond acceptors (Lipinski definition) is 6. The van der Waals surface area contributed by atoms with Crippen LogP contribution in [0.15, 0.2) is 116 Å². The minimum atomic E-state index is -0.665. The van der Waals surface area contributed by atoms with Gasteiger partial charge in [-0.1, -0.05) is 92.5 Å². The summed E-state index contributed by atoms with van der Waals surface area (Å²) in [4.78, 5) is 8.63. The third kappa shape index (κ3) is 9.41. The lowest BCUT2D eigenvalue weighted by atomic mass is 10.0. The highest BCUT2D eigenvalue weighted by Gasteiger charge is 2.15. The highest BCUT2D eigenvalue weighted by molar-refractivity contribution is 9.10. The zero-order chi connectivity index (χ0) is 29.1. The van der Waals surface area contributed by atoms with Crippen molar-refractivity contribution >= 4 is 44.3 Å². The number of benzene rings is 4. The van der Waals surface area contributed by atoms with E-state index < -0.39 is 12.2 Å². The first-order valence-electron chi connectivity index (χ1n) is 12.6. The standard InChI is InChI=1S/2C16H16BrNO2/c2*1-11(16(20)12-5-3-2-4-6-12)18-10-13-9-14(17)7-8-15(13)19/h2*2-11,16,19-20H,1H3/t2*11-,16-/m11/s1. The van der Waals surface area contributed by atoms with Crippen molar-refractivity contribution in [2.45, 2.75) is 38.1 Å². The summed E-state index contributed by atoms with van der Waals surface area (Å²) in [5.74, 6) is 0.330. The van der Waals surface area contributed by atoms with Crippen LogP contribution < -0.4 is 0 Å². The van der Waals surface area contributed by atoms with Crippen molar-refractivity contribution in [1.82, 2.24) is 0 Å². The highest BCUT2D eigenvalue weighted by atomic mass is 79.9. The fraction of sp³-hybridized carbons (Fsp3) is 0.188. The maximum absolute atomic E-state index is 10.2. The molecule has 0 unspecified atom stereocenters. The van der Waals surface area contributed by atoms with E-state index in [0.29, 0.717) is 11.1 Å². The van der Waals surface area contributed by atoms with Crippen molar-refractivity contribution in [2.24, 2.45) is 9.98 Å². The first-order valence-corrected chi connectivity index (χ1v) is 14.2. The van der Waals surface area contributed by atoms with Crippen molar-refractivity contribution < 1.29 is 20.4 Å². The van der Waals surface area contributed by atoms with Crippen molar-refractivity contribution in [1.29, 1.82) is 0 Å². The van der Waals surface area contributed by atoms with Gasteiger partial charge < -0.3 is 20.4 Å². The number of rotatable bonds is 8. The van der Waals surface area contributed by atoms with E-state index in [-0.39, 0.29) is 23.6 Å². The molecule has 8 heteroatoms. The molecule has 0 amide bonds. The van der Waals surface area contributed by atoms with Crippen LogP contribution in [-0.4, -0.2) is 44.9 Å². The quantitative estimate of drug-likeness (QED) is 0.147. The molecule has 0 spiro atoms. The molecule has 0 aliphatic heterocycles. The molecule has 0 bridgehead atoms. The number of hydrogen-bond donors (Lipinski definition) is 4. The van der Waals surface area contributed by atoms with Crippen LogP contribution in [0.4, 0.5) is 0 Å². The van der Waals surface area contributed by atoms with Crippen molar-refractivity contribution in [3.63, 3.8) is 0 Å². The van der Waals surface area contributed by atoms with Gasteiger partial charge in [0, 0.05) is 32.5 Å². The van der Waals surface area contributed by atoms with Gasteiger partial charge in [-0.3, -0.25) is 9.98 Å². The molecule has 0 aromatic heterocycles. The SMILES string of the molecule is C[C@@H](N=Cc1cc(Br)ccc1O)[C@@H](O)c1ccccc1.C[C@@H](N=Cc1cc(Br)ccc1O)[C@@H](O)c1ccccc1. The van der Waals surface area contributed by atoms with Crippen molar-refractivity contribution in [2.75, 3.05) is 0 Å². The van der Waals surface area contributed by atoms with E-state index in [4.69, 9.17) is 0 Å². The third-order valence-corrected chi connectivity index (χ3v) is 7.06. The van der Waals surface area contributed by atoms with Crippen LogP contribution >= 0.6 is 31.9 Å². The van der Waals surface area contributed by atoms with E-state index in [1.165, 1.54) is 0 Å². The van der Waals surface area contributed by atoms with Gasteiger partial charge in [-0.15, -0.1) is 0 Å². The van der Waals surface area contributed by atoms with Gasteiger partial charge in [0.05, 0.1) is 12.1 Å². The van der Waals surface area contributed by atoms with Gasteiger partial charge in [0.25, 0.3) is 0 Å². The molecule has 0 saturated heterocycles. The summed E-state index contributed by atoms with van der Waals surface area (Å²) >= 11 is 6.69. The Morgan fingerprint density at radius 3 is 1.27 bits per heavy atom. The number of nitrogens with zero attached hydrogens (tertiary/aromatic N) is 2. The molecular formula is C32H32Br2N2O4. The maximum atomic E-state index is 10.2. The average Bonchev–Trinajstić information content (AvgIpc) is 2.98. The third-order valence-electron chi connectivity index (χ3n) is 6.07. The van der Waals surface area contributed by atoms with Gasteiger partial charge in [0.1, 0.15) is 23.7 Å². The van der Waals surface area contributed by atoms with Crippen LogP contribution in [0.3, 0.4) is 0 Å². The van der Waals surface area contributed by atoms with Gasteiger partial charge in [-0.2, -0.15) is 0 Å². The monoisotopic (exact) mass is 666 g/mol. The fourth-order valence-corrected chi connectivity index (χ4v) is 4.43. The zero-order valence-electron chi connectivity index (χ0n) is 22.1. The number of aliphatic hydroxyl groups excluding tert-OH is 2. The molecule has 0 heterocycles. The molecule has 0 radical (unpaired) electrons. The number of aliphatic hydroxyl groups is 2. The summed E-state index contributed by atoms with van der Waals surface area (Å²) in [6.07, 6.45) is 1.83. The van der Waals surface area contributed by atoms with E-state index in [1.54, 1.807) is 48.8 Å².